The van der Waals surface area contributed by atoms with Gasteiger partial charge < -0.3 is 15.5 Å². The highest BCUT2D eigenvalue weighted by atomic mass is 127. The van der Waals surface area contributed by atoms with E-state index in [1.807, 2.05) is 7.05 Å². The Bertz CT molecular complexity index is 418. The van der Waals surface area contributed by atoms with Crippen LogP contribution in [0.1, 0.15) is 46.0 Å². The van der Waals surface area contributed by atoms with E-state index in [0.717, 1.165) is 64.5 Å². The van der Waals surface area contributed by atoms with E-state index in [2.05, 4.69) is 39.3 Å². The van der Waals surface area contributed by atoms with E-state index in [9.17, 15) is 4.79 Å². The van der Waals surface area contributed by atoms with Crippen molar-refractivity contribution in [2.45, 2.75) is 52.0 Å². The van der Waals surface area contributed by atoms with Gasteiger partial charge in [-0.1, -0.05) is 19.8 Å². The van der Waals surface area contributed by atoms with E-state index >= 15 is 0 Å². The minimum atomic E-state index is 0. The third kappa shape index (κ3) is 7.29. The zero-order valence-electron chi connectivity index (χ0n) is 16.1. The highest BCUT2D eigenvalue weighted by molar-refractivity contribution is 14.0. The van der Waals surface area contributed by atoms with Crippen LogP contribution in [0.15, 0.2) is 4.99 Å². The molecule has 146 valence electrons. The van der Waals surface area contributed by atoms with Gasteiger partial charge >= 0.3 is 0 Å². The molecule has 0 radical (unpaired) electrons. The van der Waals surface area contributed by atoms with Crippen molar-refractivity contribution in [1.29, 1.82) is 0 Å². The van der Waals surface area contributed by atoms with Gasteiger partial charge in [0.15, 0.2) is 5.96 Å². The van der Waals surface area contributed by atoms with E-state index in [1.54, 1.807) is 0 Å². The number of hydrogen-bond acceptors (Lipinski definition) is 3. The Morgan fingerprint density at radius 3 is 2.40 bits per heavy atom. The van der Waals surface area contributed by atoms with Crippen molar-refractivity contribution < 1.29 is 4.79 Å². The van der Waals surface area contributed by atoms with Gasteiger partial charge in [-0.3, -0.25) is 14.7 Å². The third-order valence-electron chi connectivity index (χ3n) is 5.33. The second kappa shape index (κ2) is 11.9. The van der Waals surface area contributed by atoms with Gasteiger partial charge in [-0.15, -0.1) is 24.0 Å². The van der Waals surface area contributed by atoms with E-state index in [4.69, 9.17) is 0 Å². The van der Waals surface area contributed by atoms with Gasteiger partial charge in [0.05, 0.1) is 0 Å². The molecule has 0 bridgehead atoms. The molecule has 1 unspecified atom stereocenters. The molecule has 0 spiro atoms. The van der Waals surface area contributed by atoms with Crippen LogP contribution in [0.25, 0.3) is 0 Å². The first kappa shape index (κ1) is 22.5. The van der Waals surface area contributed by atoms with Crippen LogP contribution in [0.2, 0.25) is 0 Å². The van der Waals surface area contributed by atoms with Gasteiger partial charge in [0, 0.05) is 58.3 Å². The van der Waals surface area contributed by atoms with Crippen molar-refractivity contribution in [3.8, 4) is 0 Å². The lowest BCUT2D eigenvalue weighted by Crippen LogP contribution is -2.52. The summed E-state index contributed by atoms with van der Waals surface area (Å²) in [7, 11) is 1.81. The molecule has 1 saturated heterocycles. The SMILES string of the molecule is CCC(C)NC(=NC)NCCN1CCN(C(=O)C2CCCC2)CC1.I. The summed E-state index contributed by atoms with van der Waals surface area (Å²) >= 11 is 0. The van der Waals surface area contributed by atoms with Gasteiger partial charge in [0.1, 0.15) is 0 Å². The molecule has 0 aromatic heterocycles. The monoisotopic (exact) mass is 465 g/mol. The molecule has 2 fully saturated rings. The van der Waals surface area contributed by atoms with Crippen LogP contribution in [0.4, 0.5) is 0 Å². The fourth-order valence-electron chi connectivity index (χ4n) is 3.49. The molecule has 1 saturated carbocycles. The number of carbonyl (C=O) groups excluding carboxylic acids is 1. The number of carbonyl (C=O) groups is 1. The van der Waals surface area contributed by atoms with Crippen molar-refractivity contribution in [2.24, 2.45) is 10.9 Å². The van der Waals surface area contributed by atoms with Crippen LogP contribution in [0.3, 0.4) is 0 Å². The first-order valence-corrected chi connectivity index (χ1v) is 9.62. The Balaban J connectivity index is 0.00000312. The van der Waals surface area contributed by atoms with E-state index in [0.29, 0.717) is 17.9 Å². The largest absolute Gasteiger partial charge is 0.355 e. The lowest BCUT2D eigenvalue weighted by atomic mass is 10.1. The highest BCUT2D eigenvalue weighted by Gasteiger charge is 2.29. The molecule has 25 heavy (non-hydrogen) atoms. The molecule has 0 aromatic rings. The van der Waals surface area contributed by atoms with E-state index in [-0.39, 0.29) is 24.0 Å². The van der Waals surface area contributed by atoms with Gasteiger partial charge in [-0.25, -0.2) is 0 Å². The quantitative estimate of drug-likeness (QED) is 0.358. The van der Waals surface area contributed by atoms with Crippen molar-refractivity contribution in [3.63, 3.8) is 0 Å². The predicted molar refractivity (Wildman–Crippen MR) is 115 cm³/mol. The average molecular weight is 465 g/mol. The number of piperazine rings is 1. The van der Waals surface area contributed by atoms with Gasteiger partial charge in [-0.2, -0.15) is 0 Å². The summed E-state index contributed by atoms with van der Waals surface area (Å²) in [5.74, 6) is 1.59. The molecular formula is C18H36IN5O. The van der Waals surface area contributed by atoms with Crippen LogP contribution in [0, 0.1) is 5.92 Å². The third-order valence-corrected chi connectivity index (χ3v) is 5.33. The molecule has 0 aromatic carbocycles. The van der Waals surface area contributed by atoms with Crippen molar-refractivity contribution in [1.82, 2.24) is 20.4 Å². The second-order valence-electron chi connectivity index (χ2n) is 7.10. The number of halogens is 1. The number of guanidine groups is 1. The molecule has 1 atom stereocenters. The molecule has 1 amide bonds. The van der Waals surface area contributed by atoms with E-state index < -0.39 is 0 Å². The number of rotatable bonds is 6. The summed E-state index contributed by atoms with van der Waals surface area (Å²) in [5.41, 5.74) is 0. The number of aliphatic imine (C=N–C) groups is 1. The molecule has 6 nitrogen and oxygen atoms in total. The highest BCUT2D eigenvalue weighted by Crippen LogP contribution is 2.26. The van der Waals surface area contributed by atoms with E-state index in [1.165, 1.54) is 12.8 Å². The first-order valence-electron chi connectivity index (χ1n) is 9.62. The summed E-state index contributed by atoms with van der Waals surface area (Å²) in [5, 5.41) is 6.75. The van der Waals surface area contributed by atoms with Gasteiger partial charge in [0.2, 0.25) is 5.91 Å². The van der Waals surface area contributed by atoms with Crippen LogP contribution in [0.5, 0.6) is 0 Å². The number of amides is 1. The summed E-state index contributed by atoms with van der Waals surface area (Å²) in [4.78, 5) is 21.2. The van der Waals surface area contributed by atoms with Gasteiger partial charge in [0.25, 0.3) is 0 Å². The fraction of sp³-hybridized carbons (Fsp3) is 0.889. The second-order valence-corrected chi connectivity index (χ2v) is 7.10. The Morgan fingerprint density at radius 1 is 1.20 bits per heavy atom. The maximum absolute atomic E-state index is 12.5. The number of hydrogen-bond donors (Lipinski definition) is 2. The maximum atomic E-state index is 12.5. The maximum Gasteiger partial charge on any atom is 0.225 e. The van der Waals surface area contributed by atoms with Gasteiger partial charge in [-0.05, 0) is 26.2 Å². The Kier molecular flexibility index (Phi) is 10.7. The number of nitrogens with one attached hydrogen (secondary N) is 2. The van der Waals surface area contributed by atoms with Crippen LogP contribution in [-0.2, 0) is 4.79 Å². The van der Waals surface area contributed by atoms with Crippen LogP contribution >= 0.6 is 24.0 Å². The molecule has 1 aliphatic heterocycles. The summed E-state index contributed by atoms with van der Waals surface area (Å²) in [6.45, 7) is 9.93. The summed E-state index contributed by atoms with van der Waals surface area (Å²) in [6.07, 6.45) is 5.75. The lowest BCUT2D eigenvalue weighted by molar-refractivity contribution is -0.137. The van der Waals surface area contributed by atoms with Crippen molar-refractivity contribution in [2.75, 3.05) is 46.3 Å². The van der Waals surface area contributed by atoms with Crippen molar-refractivity contribution in [3.05, 3.63) is 0 Å². The molecular weight excluding hydrogens is 429 g/mol. The average Bonchev–Trinajstić information content (AvgIpc) is 3.15. The Labute approximate surface area is 170 Å². The fourth-order valence-corrected chi connectivity index (χ4v) is 3.49. The van der Waals surface area contributed by atoms with Crippen LogP contribution in [-0.4, -0.2) is 74.0 Å². The topological polar surface area (TPSA) is 60.0 Å². The van der Waals surface area contributed by atoms with Crippen molar-refractivity contribution >= 4 is 35.8 Å². The predicted octanol–water partition coefficient (Wildman–Crippen LogP) is 1.90. The molecule has 1 heterocycles. The molecule has 2 rings (SSSR count). The standard InChI is InChI=1S/C18H35N5O.HI/c1-4-15(2)21-18(19-3)20-9-10-22-11-13-23(14-12-22)17(24)16-7-5-6-8-16;/h15-16H,4-14H2,1-3H3,(H2,19,20,21);1H. The molecule has 2 N–H and O–H groups in total. The minimum Gasteiger partial charge on any atom is -0.355 e. The summed E-state index contributed by atoms with van der Waals surface area (Å²) in [6, 6.07) is 0.432. The molecule has 2 aliphatic rings. The minimum absolute atomic E-state index is 0. The summed E-state index contributed by atoms with van der Waals surface area (Å²) < 4.78 is 0. The molecule has 1 aliphatic carbocycles. The first-order chi connectivity index (χ1) is 11.6. The normalized spacial score (nSPS) is 20.9. The lowest BCUT2D eigenvalue weighted by Gasteiger charge is -2.36. The zero-order valence-corrected chi connectivity index (χ0v) is 18.4. The zero-order chi connectivity index (χ0) is 17.4. The Morgan fingerprint density at radius 2 is 1.84 bits per heavy atom. The smallest absolute Gasteiger partial charge is 0.225 e. The Hall–Kier alpha value is -0.570. The van der Waals surface area contributed by atoms with Crippen LogP contribution < -0.4 is 10.6 Å². The molecule has 7 heteroatoms. The number of nitrogens with zero attached hydrogens (tertiary/aromatic N) is 3.